The van der Waals surface area contributed by atoms with Crippen LogP contribution in [0.25, 0.3) is 0 Å². The molecule has 1 fully saturated rings. The summed E-state index contributed by atoms with van der Waals surface area (Å²) in [4.78, 5) is 0. The average Bonchev–Trinajstić information content (AvgIpc) is 2.01. The van der Waals surface area contributed by atoms with Crippen molar-refractivity contribution in [3.63, 3.8) is 0 Å². The second-order valence-electron chi connectivity index (χ2n) is 3.10. The smallest absolute Gasteiger partial charge is 0.281 e. The minimum Gasteiger partial charge on any atom is -0.318 e. The molecule has 0 N–H and O–H groups in total. The second-order valence-corrected chi connectivity index (χ2v) is 8.22. The molecule has 7 heteroatoms. The third-order valence-electron chi connectivity index (χ3n) is 2.05. The molecule has 1 aliphatic heterocycles. The van der Waals surface area contributed by atoms with Crippen LogP contribution in [0.5, 0.6) is 0 Å². The van der Waals surface area contributed by atoms with Gasteiger partial charge in [-0.25, -0.2) is 0 Å². The molecular formula is C7H17NO4P2. The van der Waals surface area contributed by atoms with Gasteiger partial charge >= 0.3 is 0 Å². The summed E-state index contributed by atoms with van der Waals surface area (Å²) in [7, 11) is -5.71. The summed E-state index contributed by atoms with van der Waals surface area (Å²) in [5.41, 5.74) is 0. The Labute approximate surface area is 84.8 Å². The van der Waals surface area contributed by atoms with Crippen molar-refractivity contribution in [1.82, 2.24) is 4.44 Å². The first-order chi connectivity index (χ1) is 6.46. The van der Waals surface area contributed by atoms with Gasteiger partial charge in [0.1, 0.15) is 0 Å². The summed E-state index contributed by atoms with van der Waals surface area (Å²) in [6, 6.07) is 0. The Hall–Kier alpha value is 0.340. The molecule has 0 aromatic heterocycles. The average molecular weight is 241 g/mol. The molecule has 2 unspecified atom stereocenters. The van der Waals surface area contributed by atoms with E-state index < -0.39 is 15.0 Å². The molecule has 0 amide bonds. The summed E-state index contributed by atoms with van der Waals surface area (Å²) in [5.74, 6) is 0. The largest absolute Gasteiger partial charge is 0.318 e. The standard InChI is InChI=1S/C7H17NO4P2/c1-4-11-13(3,9)8-6-7-14(8,10)12-5-2/h4-7H2,1-3H3. The molecule has 1 saturated heterocycles. The van der Waals surface area contributed by atoms with Crippen molar-refractivity contribution < 1.29 is 18.2 Å². The lowest BCUT2D eigenvalue weighted by Crippen LogP contribution is -2.34. The van der Waals surface area contributed by atoms with Crippen molar-refractivity contribution in [2.75, 3.05) is 32.6 Å². The highest BCUT2D eigenvalue weighted by molar-refractivity contribution is 7.72. The van der Waals surface area contributed by atoms with Crippen molar-refractivity contribution in [3.05, 3.63) is 0 Å². The van der Waals surface area contributed by atoms with Crippen molar-refractivity contribution in [2.45, 2.75) is 13.8 Å². The Morgan fingerprint density at radius 2 is 2.07 bits per heavy atom. The van der Waals surface area contributed by atoms with Gasteiger partial charge in [-0.05, 0) is 13.8 Å². The predicted molar refractivity (Wildman–Crippen MR) is 56.0 cm³/mol. The SMILES string of the molecule is CCOP(C)(=O)N1CCP1(=O)OCC. The minimum atomic E-state index is -2.90. The van der Waals surface area contributed by atoms with Crippen LogP contribution in [-0.4, -0.2) is 37.0 Å². The lowest BCUT2D eigenvalue weighted by Gasteiger charge is -2.41. The van der Waals surface area contributed by atoms with E-state index in [1.807, 2.05) is 0 Å². The van der Waals surface area contributed by atoms with Gasteiger partial charge in [-0.1, -0.05) is 0 Å². The van der Waals surface area contributed by atoms with Gasteiger partial charge in [0.05, 0.1) is 19.4 Å². The van der Waals surface area contributed by atoms with Gasteiger partial charge in [0, 0.05) is 13.2 Å². The van der Waals surface area contributed by atoms with Crippen molar-refractivity contribution in [3.8, 4) is 0 Å². The molecule has 1 heterocycles. The van der Waals surface area contributed by atoms with E-state index in [9.17, 15) is 9.13 Å². The Bertz CT molecular complexity index is 275. The van der Waals surface area contributed by atoms with Crippen molar-refractivity contribution in [2.24, 2.45) is 0 Å². The summed E-state index contributed by atoms with van der Waals surface area (Å²) >= 11 is 0. The number of rotatable bonds is 5. The molecule has 0 radical (unpaired) electrons. The maximum atomic E-state index is 12.0. The molecule has 14 heavy (non-hydrogen) atoms. The normalized spacial score (nSPS) is 32.2. The van der Waals surface area contributed by atoms with Crippen molar-refractivity contribution >= 4 is 15.0 Å². The maximum Gasteiger partial charge on any atom is 0.281 e. The Balaban J connectivity index is 2.71. The molecule has 1 rings (SSSR count). The van der Waals surface area contributed by atoms with Crippen molar-refractivity contribution in [1.29, 1.82) is 0 Å². The van der Waals surface area contributed by atoms with E-state index in [0.29, 0.717) is 25.9 Å². The fourth-order valence-corrected chi connectivity index (χ4v) is 6.59. The first-order valence-electron chi connectivity index (χ1n) is 4.70. The molecule has 2 atom stereocenters. The zero-order chi connectivity index (χ0) is 10.8. The van der Waals surface area contributed by atoms with Gasteiger partial charge in [0.2, 0.25) is 0 Å². The number of hydrogen-bond donors (Lipinski definition) is 0. The first kappa shape index (κ1) is 12.4. The predicted octanol–water partition coefficient (Wildman–Crippen LogP) is 2.39. The quantitative estimate of drug-likeness (QED) is 0.691. The molecule has 0 aromatic carbocycles. The van der Waals surface area contributed by atoms with Gasteiger partial charge < -0.3 is 9.05 Å². The third-order valence-corrected chi connectivity index (χ3v) is 7.95. The van der Waals surface area contributed by atoms with Gasteiger partial charge in [0.25, 0.3) is 15.0 Å². The molecule has 0 spiro atoms. The van der Waals surface area contributed by atoms with Gasteiger partial charge in [-0.3, -0.25) is 9.13 Å². The first-order valence-corrected chi connectivity index (χ1v) is 8.49. The van der Waals surface area contributed by atoms with Crippen LogP contribution >= 0.6 is 15.0 Å². The van der Waals surface area contributed by atoms with Crippen LogP contribution in [0.15, 0.2) is 0 Å². The topological polar surface area (TPSA) is 55.8 Å². The molecule has 0 bridgehead atoms. The number of nitrogens with zero attached hydrogens (tertiary/aromatic N) is 1. The Kier molecular flexibility index (Phi) is 3.95. The lowest BCUT2D eigenvalue weighted by atomic mass is 10.8. The second kappa shape index (κ2) is 4.46. The highest BCUT2D eigenvalue weighted by atomic mass is 31.2. The summed E-state index contributed by atoms with van der Waals surface area (Å²) in [6.07, 6.45) is 0.478. The van der Waals surface area contributed by atoms with Crippen LogP contribution in [0.1, 0.15) is 13.8 Å². The zero-order valence-electron chi connectivity index (χ0n) is 8.80. The van der Waals surface area contributed by atoms with Gasteiger partial charge in [-0.15, -0.1) is 0 Å². The van der Waals surface area contributed by atoms with E-state index in [2.05, 4.69) is 0 Å². The molecule has 84 valence electrons. The van der Waals surface area contributed by atoms with E-state index in [0.717, 1.165) is 0 Å². The van der Waals surface area contributed by atoms with E-state index >= 15 is 0 Å². The Morgan fingerprint density at radius 1 is 1.43 bits per heavy atom. The molecular weight excluding hydrogens is 224 g/mol. The molecule has 0 saturated carbocycles. The van der Waals surface area contributed by atoms with Gasteiger partial charge in [0.15, 0.2) is 0 Å². The summed E-state index contributed by atoms with van der Waals surface area (Å²) in [6.45, 7) is 6.29. The van der Waals surface area contributed by atoms with E-state index in [1.165, 1.54) is 11.1 Å². The molecule has 0 aromatic rings. The van der Waals surface area contributed by atoms with Crippen LogP contribution < -0.4 is 0 Å². The van der Waals surface area contributed by atoms with Crippen LogP contribution in [0.2, 0.25) is 0 Å². The van der Waals surface area contributed by atoms with Crippen LogP contribution in [0.3, 0.4) is 0 Å². The molecule has 0 aliphatic carbocycles. The maximum absolute atomic E-state index is 12.0. The van der Waals surface area contributed by atoms with E-state index in [-0.39, 0.29) is 0 Å². The van der Waals surface area contributed by atoms with Gasteiger partial charge in [-0.2, -0.15) is 4.44 Å². The van der Waals surface area contributed by atoms with E-state index in [1.54, 1.807) is 13.8 Å². The minimum absolute atomic E-state index is 0.358. The lowest BCUT2D eigenvalue weighted by molar-refractivity contribution is 0.255. The highest BCUT2D eigenvalue weighted by Crippen LogP contribution is 2.71. The van der Waals surface area contributed by atoms with E-state index in [4.69, 9.17) is 9.05 Å². The third kappa shape index (κ3) is 2.29. The number of hydrogen-bond acceptors (Lipinski definition) is 4. The monoisotopic (exact) mass is 241 g/mol. The fourth-order valence-electron chi connectivity index (χ4n) is 1.42. The van der Waals surface area contributed by atoms with Crippen LogP contribution in [0, 0.1) is 0 Å². The molecule has 1 aliphatic rings. The van der Waals surface area contributed by atoms with Crippen LogP contribution in [0.4, 0.5) is 0 Å². The Morgan fingerprint density at radius 3 is 2.43 bits per heavy atom. The fraction of sp³-hybridized carbons (Fsp3) is 1.00. The molecule has 5 nitrogen and oxygen atoms in total. The highest BCUT2D eigenvalue weighted by Gasteiger charge is 2.49. The summed E-state index contributed by atoms with van der Waals surface area (Å²) < 4.78 is 35.6. The summed E-state index contributed by atoms with van der Waals surface area (Å²) in [5, 5.41) is 0. The zero-order valence-corrected chi connectivity index (χ0v) is 10.6. The van der Waals surface area contributed by atoms with Crippen LogP contribution in [-0.2, 0) is 18.2 Å².